The molecule has 2 aromatic rings. The first-order chi connectivity index (χ1) is 10.6. The van der Waals surface area contributed by atoms with Crippen molar-refractivity contribution in [3.63, 3.8) is 0 Å². The summed E-state index contributed by atoms with van der Waals surface area (Å²) in [6, 6.07) is 13.4. The molecule has 0 saturated carbocycles. The lowest BCUT2D eigenvalue weighted by molar-refractivity contribution is 0.590. The van der Waals surface area contributed by atoms with Crippen LogP contribution in [0.15, 0.2) is 47.4 Å². The van der Waals surface area contributed by atoms with E-state index in [1.807, 2.05) is 36.4 Å². The van der Waals surface area contributed by atoms with Gasteiger partial charge in [-0.3, -0.25) is 4.31 Å². The molecule has 0 fully saturated rings. The summed E-state index contributed by atoms with van der Waals surface area (Å²) in [7, 11) is -3.47. The van der Waals surface area contributed by atoms with Gasteiger partial charge in [0.05, 0.1) is 10.6 Å². The van der Waals surface area contributed by atoms with E-state index in [1.165, 1.54) is 11.1 Å². The van der Waals surface area contributed by atoms with Gasteiger partial charge in [-0.2, -0.15) is 0 Å². The first kappa shape index (κ1) is 13.8. The van der Waals surface area contributed by atoms with E-state index in [9.17, 15) is 8.42 Å². The maximum Gasteiger partial charge on any atom is 0.264 e. The molecule has 22 heavy (non-hydrogen) atoms. The highest BCUT2D eigenvalue weighted by atomic mass is 32.2. The molecule has 0 aromatic heterocycles. The number of fused-ring (bicyclic) bond motifs is 2. The smallest absolute Gasteiger partial charge is 0.264 e. The second kappa shape index (κ2) is 4.85. The number of hydrogen-bond donors (Lipinski definition) is 0. The third-order valence-corrected chi connectivity index (χ3v) is 6.61. The summed E-state index contributed by atoms with van der Waals surface area (Å²) in [6.45, 7) is 2.61. The summed E-state index contributed by atoms with van der Waals surface area (Å²) in [6.07, 6.45) is 3.19. The Bertz CT molecular complexity index is 842. The van der Waals surface area contributed by atoms with Crippen LogP contribution in [0.3, 0.4) is 0 Å². The lowest BCUT2D eigenvalue weighted by Gasteiger charge is -2.20. The molecule has 0 bridgehead atoms. The Kier molecular flexibility index (Phi) is 3.05. The Morgan fingerprint density at radius 2 is 1.82 bits per heavy atom. The van der Waals surface area contributed by atoms with Crippen LogP contribution in [-0.2, 0) is 22.9 Å². The average molecular weight is 313 g/mol. The predicted molar refractivity (Wildman–Crippen MR) is 87.9 cm³/mol. The molecule has 1 unspecified atom stereocenters. The Hall–Kier alpha value is -1.81. The Labute approximate surface area is 131 Å². The molecule has 0 saturated heterocycles. The first-order valence-electron chi connectivity index (χ1n) is 7.81. The summed E-state index contributed by atoms with van der Waals surface area (Å²) in [5.41, 5.74) is 4.44. The molecule has 0 amide bonds. The lowest BCUT2D eigenvalue weighted by atomic mass is 10.0. The van der Waals surface area contributed by atoms with Crippen LogP contribution in [-0.4, -0.2) is 15.0 Å². The first-order valence-corrected chi connectivity index (χ1v) is 9.25. The minimum Gasteiger partial charge on any atom is -0.265 e. The second-order valence-corrected chi connectivity index (χ2v) is 8.14. The van der Waals surface area contributed by atoms with E-state index in [0.29, 0.717) is 11.4 Å². The summed E-state index contributed by atoms with van der Waals surface area (Å²) < 4.78 is 27.7. The van der Waals surface area contributed by atoms with Crippen molar-refractivity contribution in [1.29, 1.82) is 0 Å². The van der Waals surface area contributed by atoms with Crippen LogP contribution in [0, 0.1) is 0 Å². The normalized spacial score (nSPS) is 20.0. The van der Waals surface area contributed by atoms with Crippen LogP contribution in [0.4, 0.5) is 5.69 Å². The fourth-order valence-electron chi connectivity index (χ4n) is 3.64. The summed E-state index contributed by atoms with van der Waals surface area (Å²) in [4.78, 5) is 0.428. The van der Waals surface area contributed by atoms with Gasteiger partial charge in [-0.15, -0.1) is 0 Å². The molecular weight excluding hydrogens is 294 g/mol. The molecule has 1 aliphatic carbocycles. The van der Waals surface area contributed by atoms with Crippen LogP contribution in [0.25, 0.3) is 0 Å². The zero-order valence-electron chi connectivity index (χ0n) is 12.6. The van der Waals surface area contributed by atoms with Crippen LogP contribution in [0.5, 0.6) is 0 Å². The third kappa shape index (κ3) is 1.97. The maximum absolute atomic E-state index is 13.1. The van der Waals surface area contributed by atoms with Crippen molar-refractivity contribution in [2.75, 3.05) is 10.8 Å². The molecule has 0 N–H and O–H groups in total. The average Bonchev–Trinajstić information content (AvgIpc) is 3.12. The fourth-order valence-corrected chi connectivity index (χ4v) is 5.27. The van der Waals surface area contributed by atoms with Crippen molar-refractivity contribution in [3.05, 3.63) is 59.2 Å². The minimum absolute atomic E-state index is 0.236. The number of anilines is 1. The Morgan fingerprint density at radius 1 is 1.05 bits per heavy atom. The number of benzene rings is 2. The van der Waals surface area contributed by atoms with Gasteiger partial charge in [0.2, 0.25) is 0 Å². The molecule has 4 heteroatoms. The number of sulfonamides is 1. The van der Waals surface area contributed by atoms with E-state index in [0.717, 1.165) is 30.5 Å². The summed E-state index contributed by atoms with van der Waals surface area (Å²) in [5.74, 6) is 0.236. The summed E-state index contributed by atoms with van der Waals surface area (Å²) >= 11 is 0. The van der Waals surface area contributed by atoms with E-state index >= 15 is 0 Å². The molecule has 0 radical (unpaired) electrons. The number of rotatable bonds is 2. The van der Waals surface area contributed by atoms with Crippen LogP contribution >= 0.6 is 0 Å². The van der Waals surface area contributed by atoms with Gasteiger partial charge in [0.1, 0.15) is 0 Å². The fraction of sp³-hybridized carbons (Fsp3) is 0.333. The van der Waals surface area contributed by atoms with Gasteiger partial charge in [0.25, 0.3) is 10.0 Å². The largest absolute Gasteiger partial charge is 0.265 e. The maximum atomic E-state index is 13.1. The van der Waals surface area contributed by atoms with Crippen LogP contribution < -0.4 is 4.31 Å². The van der Waals surface area contributed by atoms with Gasteiger partial charge < -0.3 is 0 Å². The molecule has 2 aromatic carbocycles. The molecule has 4 rings (SSSR count). The number of aryl methyl sites for hydroxylation is 2. The molecule has 0 spiro atoms. The number of hydrogen-bond acceptors (Lipinski definition) is 2. The lowest BCUT2D eigenvalue weighted by Crippen LogP contribution is -2.29. The Morgan fingerprint density at radius 3 is 2.68 bits per heavy atom. The zero-order chi connectivity index (χ0) is 15.3. The van der Waals surface area contributed by atoms with Gasteiger partial charge in [0.15, 0.2) is 0 Å². The summed E-state index contributed by atoms with van der Waals surface area (Å²) in [5, 5.41) is 0. The van der Waals surface area contributed by atoms with Crippen LogP contribution in [0.2, 0.25) is 0 Å². The van der Waals surface area contributed by atoms with Gasteiger partial charge in [-0.25, -0.2) is 8.42 Å². The van der Waals surface area contributed by atoms with Crippen LogP contribution in [0.1, 0.15) is 36.0 Å². The molecule has 2 aliphatic rings. The van der Waals surface area contributed by atoms with Gasteiger partial charge in [-0.05, 0) is 54.2 Å². The SMILES string of the molecule is CC1CN(S(=O)(=O)c2ccc3c(c2)CCC3)c2ccccc21. The van der Waals surface area contributed by atoms with Gasteiger partial charge >= 0.3 is 0 Å². The molecular formula is C18H19NO2S. The monoisotopic (exact) mass is 313 g/mol. The molecule has 1 aliphatic heterocycles. The highest BCUT2D eigenvalue weighted by Crippen LogP contribution is 2.39. The highest BCUT2D eigenvalue weighted by molar-refractivity contribution is 7.92. The topological polar surface area (TPSA) is 37.4 Å². The highest BCUT2D eigenvalue weighted by Gasteiger charge is 2.34. The van der Waals surface area contributed by atoms with E-state index in [-0.39, 0.29) is 5.92 Å². The van der Waals surface area contributed by atoms with Gasteiger partial charge in [-0.1, -0.05) is 31.2 Å². The van der Waals surface area contributed by atoms with Crippen molar-refractivity contribution < 1.29 is 8.42 Å². The van der Waals surface area contributed by atoms with E-state index < -0.39 is 10.0 Å². The van der Waals surface area contributed by atoms with E-state index in [1.54, 1.807) is 10.4 Å². The number of nitrogens with zero attached hydrogens (tertiary/aromatic N) is 1. The predicted octanol–water partition coefficient (Wildman–Crippen LogP) is 3.49. The van der Waals surface area contributed by atoms with E-state index in [4.69, 9.17) is 0 Å². The molecule has 114 valence electrons. The Balaban J connectivity index is 1.79. The molecule has 1 atom stereocenters. The van der Waals surface area contributed by atoms with Crippen molar-refractivity contribution >= 4 is 15.7 Å². The standard InChI is InChI=1S/C18H19NO2S/c1-13-12-19(18-8-3-2-7-17(13)18)22(20,21)16-10-9-14-5-4-6-15(14)11-16/h2-3,7-11,13H,4-6,12H2,1H3. The zero-order valence-corrected chi connectivity index (χ0v) is 13.4. The van der Waals surface area contributed by atoms with Crippen molar-refractivity contribution in [2.24, 2.45) is 0 Å². The number of para-hydroxylation sites is 1. The molecule has 1 heterocycles. The second-order valence-electron chi connectivity index (χ2n) is 6.28. The minimum atomic E-state index is -3.47. The van der Waals surface area contributed by atoms with Crippen molar-refractivity contribution in [2.45, 2.75) is 37.0 Å². The van der Waals surface area contributed by atoms with Crippen molar-refractivity contribution in [1.82, 2.24) is 0 Å². The van der Waals surface area contributed by atoms with Gasteiger partial charge in [0, 0.05) is 12.5 Å². The van der Waals surface area contributed by atoms with E-state index in [2.05, 4.69) is 6.92 Å². The quantitative estimate of drug-likeness (QED) is 0.851. The van der Waals surface area contributed by atoms with Crippen molar-refractivity contribution in [3.8, 4) is 0 Å². The third-order valence-electron chi connectivity index (χ3n) is 4.83. The molecule has 3 nitrogen and oxygen atoms in total.